The van der Waals surface area contributed by atoms with Crippen molar-refractivity contribution in [3.05, 3.63) is 24.0 Å². The Bertz CT molecular complexity index is 461. The van der Waals surface area contributed by atoms with Gasteiger partial charge in [0.1, 0.15) is 0 Å². The predicted octanol–water partition coefficient (Wildman–Crippen LogP) is 1.67. The third-order valence-electron chi connectivity index (χ3n) is 3.79. The van der Waals surface area contributed by atoms with Crippen molar-refractivity contribution in [2.24, 2.45) is 7.05 Å². The minimum atomic E-state index is 0.810. The molecule has 0 spiro atoms. The van der Waals surface area contributed by atoms with Crippen molar-refractivity contribution in [1.82, 2.24) is 14.8 Å². The topological polar surface area (TPSA) is 55.4 Å². The van der Waals surface area contributed by atoms with Gasteiger partial charge >= 0.3 is 0 Å². The Morgan fingerprint density at radius 2 is 2.19 bits per heavy atom. The summed E-state index contributed by atoms with van der Waals surface area (Å²) in [6.45, 7) is 7.97. The van der Waals surface area contributed by atoms with Gasteiger partial charge in [0, 0.05) is 39.4 Å². The third kappa shape index (κ3) is 4.79. The summed E-state index contributed by atoms with van der Waals surface area (Å²) in [5, 5.41) is 3.57. The summed E-state index contributed by atoms with van der Waals surface area (Å²) in [5.41, 5.74) is 9.04. The number of nitrogens with one attached hydrogen (secondary N) is 1. The van der Waals surface area contributed by atoms with E-state index >= 15 is 0 Å². The number of nitrogens with two attached hydrogens (primary N) is 1. The number of unbranched alkanes of at least 4 members (excludes halogenated alkanes) is 1. The summed E-state index contributed by atoms with van der Waals surface area (Å²) in [7, 11) is 2.04. The maximum Gasteiger partial charge on any atom is 0.0657 e. The SMILES string of the molecule is CCC/C=C(\NCCN1CCOCC1)c1cc(N)cn1C. The Balaban J connectivity index is 1.92. The molecule has 2 heterocycles. The van der Waals surface area contributed by atoms with Crippen molar-refractivity contribution in [2.75, 3.05) is 45.1 Å². The molecule has 1 aliphatic rings. The average molecular weight is 292 g/mol. The molecule has 0 aromatic carbocycles. The Hall–Kier alpha value is -1.46. The molecule has 1 aliphatic heterocycles. The van der Waals surface area contributed by atoms with Crippen LogP contribution in [0.2, 0.25) is 0 Å². The van der Waals surface area contributed by atoms with Crippen LogP contribution in [0.4, 0.5) is 5.69 Å². The van der Waals surface area contributed by atoms with Gasteiger partial charge in [0.05, 0.1) is 30.3 Å². The normalized spacial score (nSPS) is 17.1. The first kappa shape index (κ1) is 15.9. The van der Waals surface area contributed by atoms with Crippen molar-refractivity contribution >= 4 is 11.4 Å². The molecule has 0 amide bonds. The lowest BCUT2D eigenvalue weighted by atomic mass is 10.2. The van der Waals surface area contributed by atoms with Gasteiger partial charge in [-0.05, 0) is 12.5 Å². The molecular weight excluding hydrogens is 264 g/mol. The van der Waals surface area contributed by atoms with Crippen LogP contribution in [-0.4, -0.2) is 48.9 Å². The van der Waals surface area contributed by atoms with Crippen molar-refractivity contribution in [3.8, 4) is 0 Å². The molecule has 0 unspecified atom stereocenters. The monoisotopic (exact) mass is 292 g/mol. The first-order chi connectivity index (χ1) is 10.2. The molecular formula is C16H28N4O. The van der Waals surface area contributed by atoms with E-state index in [4.69, 9.17) is 10.5 Å². The number of aryl methyl sites for hydroxylation is 1. The maximum absolute atomic E-state index is 5.89. The highest BCUT2D eigenvalue weighted by atomic mass is 16.5. The number of morpholine rings is 1. The smallest absolute Gasteiger partial charge is 0.0657 e. The minimum Gasteiger partial charge on any atom is -0.397 e. The second-order valence-corrected chi connectivity index (χ2v) is 5.56. The predicted molar refractivity (Wildman–Crippen MR) is 88.0 cm³/mol. The zero-order chi connectivity index (χ0) is 15.1. The molecule has 1 fully saturated rings. The molecule has 0 saturated carbocycles. The van der Waals surface area contributed by atoms with Crippen molar-refractivity contribution in [2.45, 2.75) is 19.8 Å². The van der Waals surface area contributed by atoms with Gasteiger partial charge in [0.2, 0.25) is 0 Å². The molecule has 2 rings (SSSR count). The summed E-state index contributed by atoms with van der Waals surface area (Å²) in [6.07, 6.45) is 6.45. The van der Waals surface area contributed by atoms with E-state index in [1.54, 1.807) is 0 Å². The molecule has 0 aliphatic carbocycles. The fraction of sp³-hybridized carbons (Fsp3) is 0.625. The van der Waals surface area contributed by atoms with Crippen molar-refractivity contribution in [3.63, 3.8) is 0 Å². The highest BCUT2D eigenvalue weighted by Crippen LogP contribution is 2.17. The summed E-state index contributed by atoms with van der Waals surface area (Å²) < 4.78 is 7.46. The number of rotatable bonds is 7. The van der Waals surface area contributed by atoms with E-state index in [0.29, 0.717) is 0 Å². The molecule has 5 heteroatoms. The Morgan fingerprint density at radius 3 is 2.81 bits per heavy atom. The van der Waals surface area contributed by atoms with Crippen LogP contribution in [0.25, 0.3) is 5.70 Å². The van der Waals surface area contributed by atoms with Crippen LogP contribution in [0.3, 0.4) is 0 Å². The number of nitrogens with zero attached hydrogens (tertiary/aromatic N) is 2. The van der Waals surface area contributed by atoms with Crippen molar-refractivity contribution < 1.29 is 4.74 Å². The van der Waals surface area contributed by atoms with Gasteiger partial charge in [0.15, 0.2) is 0 Å². The summed E-state index contributed by atoms with van der Waals surface area (Å²) in [6, 6.07) is 2.03. The van der Waals surface area contributed by atoms with Gasteiger partial charge < -0.3 is 20.4 Å². The number of allylic oxidation sites excluding steroid dienone is 1. The second-order valence-electron chi connectivity index (χ2n) is 5.56. The molecule has 21 heavy (non-hydrogen) atoms. The zero-order valence-corrected chi connectivity index (χ0v) is 13.3. The maximum atomic E-state index is 5.89. The average Bonchev–Trinajstić information content (AvgIpc) is 2.82. The first-order valence-corrected chi connectivity index (χ1v) is 7.87. The number of ether oxygens (including phenoxy) is 1. The van der Waals surface area contributed by atoms with Gasteiger partial charge in [-0.1, -0.05) is 19.4 Å². The standard InChI is InChI=1S/C16H28N4O/c1-3-4-5-15(16-12-14(17)13-19(16)2)18-6-7-20-8-10-21-11-9-20/h5,12-13,18H,3-4,6-11,17H2,1-2H3/b15-5-. The van der Waals surface area contributed by atoms with Gasteiger partial charge in [-0.2, -0.15) is 0 Å². The van der Waals surface area contributed by atoms with Crippen molar-refractivity contribution in [1.29, 1.82) is 0 Å². The van der Waals surface area contributed by atoms with Crippen LogP contribution in [0.15, 0.2) is 18.3 Å². The summed E-state index contributed by atoms with van der Waals surface area (Å²) in [5.74, 6) is 0. The molecule has 1 aromatic heterocycles. The molecule has 3 N–H and O–H groups in total. The first-order valence-electron chi connectivity index (χ1n) is 7.87. The number of hydrogen-bond acceptors (Lipinski definition) is 4. The van der Waals surface area contributed by atoms with Crippen LogP contribution in [0.1, 0.15) is 25.5 Å². The molecule has 0 radical (unpaired) electrons. The molecule has 1 saturated heterocycles. The van der Waals surface area contributed by atoms with Gasteiger partial charge in [0.25, 0.3) is 0 Å². The summed E-state index contributed by atoms with van der Waals surface area (Å²) >= 11 is 0. The number of anilines is 1. The molecule has 1 aromatic rings. The van der Waals surface area contributed by atoms with E-state index in [1.807, 2.05) is 19.3 Å². The Kier molecular flexibility index (Phi) is 6.14. The number of nitrogen functional groups attached to an aromatic ring is 1. The van der Waals surface area contributed by atoms with Gasteiger partial charge in [-0.3, -0.25) is 4.90 Å². The molecule has 5 nitrogen and oxygen atoms in total. The molecule has 118 valence electrons. The van der Waals surface area contributed by atoms with Crippen LogP contribution < -0.4 is 11.1 Å². The van der Waals surface area contributed by atoms with E-state index in [1.165, 1.54) is 5.70 Å². The lowest BCUT2D eigenvalue weighted by Crippen LogP contribution is -2.40. The van der Waals surface area contributed by atoms with E-state index < -0.39 is 0 Å². The quantitative estimate of drug-likeness (QED) is 0.803. The lowest BCUT2D eigenvalue weighted by Gasteiger charge is -2.27. The third-order valence-corrected chi connectivity index (χ3v) is 3.79. The number of aromatic nitrogens is 1. The van der Waals surface area contributed by atoms with Crippen LogP contribution >= 0.6 is 0 Å². The fourth-order valence-electron chi connectivity index (χ4n) is 2.59. The van der Waals surface area contributed by atoms with E-state index in [9.17, 15) is 0 Å². The van der Waals surface area contributed by atoms with E-state index in [2.05, 4.69) is 27.8 Å². The largest absolute Gasteiger partial charge is 0.397 e. The second kappa shape index (κ2) is 8.10. The highest BCUT2D eigenvalue weighted by molar-refractivity contribution is 5.65. The van der Waals surface area contributed by atoms with Crippen LogP contribution in [0, 0.1) is 0 Å². The Labute approximate surface area is 127 Å². The number of hydrogen-bond donors (Lipinski definition) is 2. The summed E-state index contributed by atoms with van der Waals surface area (Å²) in [4.78, 5) is 2.44. The highest BCUT2D eigenvalue weighted by Gasteiger charge is 2.11. The van der Waals surface area contributed by atoms with Crippen LogP contribution in [-0.2, 0) is 11.8 Å². The lowest BCUT2D eigenvalue weighted by molar-refractivity contribution is 0.0388. The van der Waals surface area contributed by atoms with Gasteiger partial charge in [-0.15, -0.1) is 0 Å². The van der Waals surface area contributed by atoms with Crippen LogP contribution in [0.5, 0.6) is 0 Å². The van der Waals surface area contributed by atoms with Gasteiger partial charge in [-0.25, -0.2) is 0 Å². The van der Waals surface area contributed by atoms with E-state index in [-0.39, 0.29) is 0 Å². The molecule has 0 bridgehead atoms. The zero-order valence-electron chi connectivity index (χ0n) is 13.3. The van der Waals surface area contributed by atoms with E-state index in [0.717, 1.165) is 63.6 Å². The molecule has 0 atom stereocenters. The minimum absolute atomic E-state index is 0.810. The fourth-order valence-corrected chi connectivity index (χ4v) is 2.59. The Morgan fingerprint density at radius 1 is 1.43 bits per heavy atom.